The number of rotatable bonds is 4. The summed E-state index contributed by atoms with van der Waals surface area (Å²) >= 11 is 0. The fourth-order valence-electron chi connectivity index (χ4n) is 3.25. The first-order valence-corrected chi connectivity index (χ1v) is 10.0. The monoisotopic (exact) mass is 414 g/mol. The minimum absolute atomic E-state index is 0.0139. The number of hydrogen-bond donors (Lipinski definition) is 2. The van der Waals surface area contributed by atoms with Crippen molar-refractivity contribution in [1.82, 2.24) is 15.2 Å². The SMILES string of the molecule is O=C1CCC(N2C(=O)c3ccc(NS(=O)(=O)c4cccnc4)cc3C2=O)C(=O)N1. The lowest BCUT2D eigenvalue weighted by Crippen LogP contribution is -2.54. The van der Waals surface area contributed by atoms with Crippen LogP contribution >= 0.6 is 0 Å². The minimum Gasteiger partial charge on any atom is -0.295 e. The number of carbonyl (C=O) groups excluding carboxylic acids is 4. The molecule has 2 aliphatic rings. The van der Waals surface area contributed by atoms with Crippen LogP contribution in [0, 0.1) is 0 Å². The molecular weight excluding hydrogens is 400 g/mol. The van der Waals surface area contributed by atoms with Gasteiger partial charge in [0.05, 0.1) is 11.1 Å². The smallest absolute Gasteiger partial charge is 0.263 e. The zero-order chi connectivity index (χ0) is 20.8. The number of carbonyl (C=O) groups is 4. The third-order valence-electron chi connectivity index (χ3n) is 4.64. The highest BCUT2D eigenvalue weighted by molar-refractivity contribution is 7.92. The van der Waals surface area contributed by atoms with Crippen molar-refractivity contribution in [1.29, 1.82) is 0 Å². The third kappa shape index (κ3) is 3.25. The lowest BCUT2D eigenvalue weighted by atomic mass is 10.0. The van der Waals surface area contributed by atoms with E-state index in [1.807, 2.05) is 0 Å². The lowest BCUT2D eigenvalue weighted by molar-refractivity contribution is -0.136. The maximum absolute atomic E-state index is 12.8. The molecule has 1 saturated heterocycles. The Morgan fingerprint density at radius 2 is 1.83 bits per heavy atom. The fourth-order valence-corrected chi connectivity index (χ4v) is 4.27. The largest absolute Gasteiger partial charge is 0.295 e. The third-order valence-corrected chi connectivity index (χ3v) is 6.00. The molecule has 1 aromatic carbocycles. The average molecular weight is 414 g/mol. The van der Waals surface area contributed by atoms with E-state index in [9.17, 15) is 27.6 Å². The number of nitrogens with one attached hydrogen (secondary N) is 2. The molecule has 1 aromatic heterocycles. The van der Waals surface area contributed by atoms with E-state index in [1.54, 1.807) is 0 Å². The van der Waals surface area contributed by atoms with Crippen LogP contribution in [-0.4, -0.2) is 48.0 Å². The molecule has 2 aliphatic heterocycles. The summed E-state index contributed by atoms with van der Waals surface area (Å²) in [7, 11) is -3.93. The topological polar surface area (TPSA) is 143 Å². The Morgan fingerprint density at radius 3 is 2.52 bits per heavy atom. The van der Waals surface area contributed by atoms with Crippen LogP contribution in [0.4, 0.5) is 5.69 Å². The zero-order valence-electron chi connectivity index (χ0n) is 14.8. The number of benzene rings is 1. The molecule has 0 radical (unpaired) electrons. The van der Waals surface area contributed by atoms with Crippen molar-refractivity contribution in [2.45, 2.75) is 23.8 Å². The molecule has 1 unspecified atom stereocenters. The average Bonchev–Trinajstić information content (AvgIpc) is 2.93. The standard InChI is InChI=1S/C18H14N4O6S/c23-15-6-5-14(16(24)20-15)22-17(25)12-4-3-10(8-13(12)18(22)26)21-29(27,28)11-2-1-7-19-9-11/h1-4,7-9,14,21H,5-6H2,(H,20,23,24). The molecule has 0 bridgehead atoms. The molecule has 1 fully saturated rings. The van der Waals surface area contributed by atoms with E-state index >= 15 is 0 Å². The first kappa shape index (κ1) is 18.7. The molecule has 0 saturated carbocycles. The highest BCUT2D eigenvalue weighted by Crippen LogP contribution is 2.30. The molecule has 1 atom stereocenters. The van der Waals surface area contributed by atoms with Crippen molar-refractivity contribution < 1.29 is 27.6 Å². The summed E-state index contributed by atoms with van der Waals surface area (Å²) in [5.74, 6) is -2.56. The quantitative estimate of drug-likeness (QED) is 0.684. The molecule has 10 nitrogen and oxygen atoms in total. The molecule has 2 N–H and O–H groups in total. The second kappa shape index (κ2) is 6.78. The van der Waals surface area contributed by atoms with Crippen molar-refractivity contribution in [2.24, 2.45) is 0 Å². The van der Waals surface area contributed by atoms with E-state index in [1.165, 1.54) is 42.7 Å². The fraction of sp³-hybridized carbons (Fsp3) is 0.167. The molecule has 3 heterocycles. The molecule has 4 rings (SSSR count). The number of hydrogen-bond acceptors (Lipinski definition) is 7. The summed E-state index contributed by atoms with van der Waals surface area (Å²) < 4.78 is 27.2. The van der Waals surface area contributed by atoms with E-state index in [-0.39, 0.29) is 34.6 Å². The van der Waals surface area contributed by atoms with E-state index in [2.05, 4.69) is 15.0 Å². The Bertz CT molecular complexity index is 1160. The lowest BCUT2D eigenvalue weighted by Gasteiger charge is -2.27. The van der Waals surface area contributed by atoms with Gasteiger partial charge in [-0.1, -0.05) is 0 Å². The molecule has 11 heteroatoms. The Hall–Kier alpha value is -3.60. The highest BCUT2D eigenvalue weighted by atomic mass is 32.2. The Kier molecular flexibility index (Phi) is 4.38. The highest BCUT2D eigenvalue weighted by Gasteiger charge is 2.44. The van der Waals surface area contributed by atoms with Gasteiger partial charge in [0, 0.05) is 24.5 Å². The summed E-state index contributed by atoms with van der Waals surface area (Å²) in [5.41, 5.74) is 0.119. The summed E-state index contributed by atoms with van der Waals surface area (Å²) in [6, 6.07) is 5.67. The van der Waals surface area contributed by atoms with Crippen LogP contribution < -0.4 is 10.0 Å². The van der Waals surface area contributed by atoms with Gasteiger partial charge in [-0.3, -0.25) is 39.1 Å². The number of sulfonamides is 1. The van der Waals surface area contributed by atoms with Crippen LogP contribution in [0.2, 0.25) is 0 Å². The van der Waals surface area contributed by atoms with Gasteiger partial charge in [0.1, 0.15) is 10.9 Å². The second-order valence-electron chi connectivity index (χ2n) is 6.50. The predicted octanol–water partition coefficient (Wildman–Crippen LogP) is 0.284. The zero-order valence-corrected chi connectivity index (χ0v) is 15.6. The van der Waals surface area contributed by atoms with Gasteiger partial charge < -0.3 is 0 Å². The van der Waals surface area contributed by atoms with Gasteiger partial charge in [-0.15, -0.1) is 0 Å². The van der Waals surface area contributed by atoms with Gasteiger partial charge in [0.15, 0.2) is 0 Å². The first-order valence-electron chi connectivity index (χ1n) is 8.56. The number of anilines is 1. The van der Waals surface area contributed by atoms with Crippen molar-refractivity contribution in [2.75, 3.05) is 4.72 Å². The van der Waals surface area contributed by atoms with Crippen LogP contribution in [0.3, 0.4) is 0 Å². The van der Waals surface area contributed by atoms with Crippen molar-refractivity contribution in [3.63, 3.8) is 0 Å². The van der Waals surface area contributed by atoms with Crippen molar-refractivity contribution in [3.05, 3.63) is 53.9 Å². The molecule has 29 heavy (non-hydrogen) atoms. The molecular formula is C18H14N4O6S. The van der Waals surface area contributed by atoms with E-state index < -0.39 is 39.7 Å². The van der Waals surface area contributed by atoms with Gasteiger partial charge in [-0.25, -0.2) is 8.42 Å². The summed E-state index contributed by atoms with van der Waals surface area (Å²) in [4.78, 5) is 53.3. The van der Waals surface area contributed by atoms with E-state index in [4.69, 9.17) is 0 Å². The molecule has 0 aliphatic carbocycles. The van der Waals surface area contributed by atoms with Crippen molar-refractivity contribution in [3.8, 4) is 0 Å². The summed E-state index contributed by atoms with van der Waals surface area (Å²) in [6.07, 6.45) is 2.66. The predicted molar refractivity (Wildman–Crippen MR) is 98.2 cm³/mol. The number of fused-ring (bicyclic) bond motifs is 1. The maximum atomic E-state index is 12.8. The van der Waals surface area contributed by atoms with Crippen LogP contribution in [0.25, 0.3) is 0 Å². The Morgan fingerprint density at radius 1 is 1.07 bits per heavy atom. The van der Waals surface area contributed by atoms with Crippen LogP contribution in [-0.2, 0) is 19.6 Å². The number of aromatic nitrogens is 1. The number of piperidine rings is 1. The normalized spacial score (nSPS) is 19.2. The number of pyridine rings is 1. The number of amides is 4. The molecule has 2 aromatic rings. The Labute approximate surface area is 165 Å². The van der Waals surface area contributed by atoms with E-state index in [0.717, 1.165) is 4.90 Å². The molecule has 0 spiro atoms. The van der Waals surface area contributed by atoms with Gasteiger partial charge in [-0.2, -0.15) is 0 Å². The molecule has 148 valence electrons. The Balaban J connectivity index is 1.62. The van der Waals surface area contributed by atoms with Crippen LogP contribution in [0.1, 0.15) is 33.6 Å². The van der Waals surface area contributed by atoms with Gasteiger partial charge in [-0.05, 0) is 36.8 Å². The van der Waals surface area contributed by atoms with Gasteiger partial charge in [0.2, 0.25) is 11.8 Å². The van der Waals surface area contributed by atoms with E-state index in [0.29, 0.717) is 0 Å². The summed E-state index contributed by atoms with van der Waals surface area (Å²) in [6.45, 7) is 0. The van der Waals surface area contributed by atoms with Crippen LogP contribution in [0.5, 0.6) is 0 Å². The number of imide groups is 2. The number of nitrogens with zero attached hydrogens (tertiary/aromatic N) is 2. The maximum Gasteiger partial charge on any atom is 0.263 e. The minimum atomic E-state index is -3.93. The van der Waals surface area contributed by atoms with Gasteiger partial charge >= 0.3 is 0 Å². The second-order valence-corrected chi connectivity index (χ2v) is 8.18. The first-order chi connectivity index (χ1) is 13.8. The molecule has 4 amide bonds. The van der Waals surface area contributed by atoms with Crippen molar-refractivity contribution >= 4 is 39.3 Å². The summed E-state index contributed by atoms with van der Waals surface area (Å²) in [5, 5.41) is 2.11. The van der Waals surface area contributed by atoms with Crippen LogP contribution in [0.15, 0.2) is 47.6 Å². The van der Waals surface area contributed by atoms with Gasteiger partial charge in [0.25, 0.3) is 21.8 Å².